The number of para-hydroxylation sites is 3. The molecule has 0 spiro atoms. The van der Waals surface area contributed by atoms with Gasteiger partial charge in [-0.1, -0.05) is 117 Å². The maximum atomic E-state index is 6.72. The van der Waals surface area contributed by atoms with Crippen LogP contribution in [0.1, 0.15) is 25.0 Å². The second-order valence-corrected chi connectivity index (χ2v) is 14.3. The third-order valence-electron chi connectivity index (χ3n) is 11.2. The van der Waals surface area contributed by atoms with E-state index < -0.39 is 0 Å². The Bertz CT molecular complexity index is 3050. The molecule has 0 fully saturated rings. The molecule has 0 atom stereocenters. The molecule has 0 saturated carbocycles. The average molecular weight is 653 g/mol. The van der Waals surface area contributed by atoms with E-state index in [4.69, 9.17) is 9.40 Å². The van der Waals surface area contributed by atoms with Crippen molar-refractivity contribution in [1.82, 2.24) is 9.55 Å². The first kappa shape index (κ1) is 28.4. The van der Waals surface area contributed by atoms with Crippen LogP contribution in [0.5, 0.6) is 0 Å². The zero-order valence-corrected chi connectivity index (χ0v) is 28.3. The van der Waals surface area contributed by atoms with E-state index in [9.17, 15) is 0 Å². The normalized spacial score (nSPS) is 13.5. The lowest BCUT2D eigenvalue weighted by Gasteiger charge is -2.21. The third-order valence-corrected chi connectivity index (χ3v) is 11.2. The predicted molar refractivity (Wildman–Crippen MR) is 212 cm³/mol. The van der Waals surface area contributed by atoms with Crippen molar-refractivity contribution in [2.24, 2.45) is 0 Å². The van der Waals surface area contributed by atoms with Gasteiger partial charge in [-0.15, -0.1) is 0 Å². The lowest BCUT2D eigenvalue weighted by Crippen LogP contribution is -2.14. The maximum Gasteiger partial charge on any atom is 0.144 e. The summed E-state index contributed by atoms with van der Waals surface area (Å²) < 4.78 is 9.15. The molecule has 0 amide bonds. The van der Waals surface area contributed by atoms with Crippen molar-refractivity contribution in [3.8, 4) is 39.2 Å². The van der Waals surface area contributed by atoms with Crippen LogP contribution in [0.3, 0.4) is 0 Å². The van der Waals surface area contributed by atoms with Crippen LogP contribution >= 0.6 is 0 Å². The van der Waals surface area contributed by atoms with Crippen LogP contribution in [-0.4, -0.2) is 9.55 Å². The molecule has 0 saturated heterocycles. The Hall–Kier alpha value is -6.45. The SMILES string of the molecule is CC1(C)c2ccccc2-c2cc3c4ccccc4n(-c4ccc5oc6c(-c7cc(-c8ccccc8)c8ccccc8n7)cccc6c5c4)c3cc21. The van der Waals surface area contributed by atoms with E-state index in [2.05, 4.69) is 176 Å². The minimum atomic E-state index is -0.0836. The number of furan rings is 1. The summed E-state index contributed by atoms with van der Waals surface area (Å²) in [5, 5.41) is 5.84. The fourth-order valence-electron chi connectivity index (χ4n) is 8.74. The van der Waals surface area contributed by atoms with Gasteiger partial charge >= 0.3 is 0 Å². The topological polar surface area (TPSA) is 31.0 Å². The second-order valence-electron chi connectivity index (χ2n) is 14.3. The van der Waals surface area contributed by atoms with Crippen LogP contribution in [0.15, 0.2) is 162 Å². The van der Waals surface area contributed by atoms with Crippen molar-refractivity contribution in [2.75, 3.05) is 0 Å². The van der Waals surface area contributed by atoms with Crippen LogP contribution < -0.4 is 0 Å². The van der Waals surface area contributed by atoms with Crippen molar-refractivity contribution < 1.29 is 4.42 Å². The lowest BCUT2D eigenvalue weighted by atomic mass is 9.82. The first-order valence-electron chi connectivity index (χ1n) is 17.6. The summed E-state index contributed by atoms with van der Waals surface area (Å²) in [6.07, 6.45) is 0. The highest BCUT2D eigenvalue weighted by Crippen LogP contribution is 2.51. The van der Waals surface area contributed by atoms with Gasteiger partial charge in [0.15, 0.2) is 0 Å². The van der Waals surface area contributed by atoms with Gasteiger partial charge in [-0.05, 0) is 88.0 Å². The molecule has 0 aliphatic heterocycles. The van der Waals surface area contributed by atoms with E-state index >= 15 is 0 Å². The number of nitrogens with zero attached hydrogens (tertiary/aromatic N) is 2. The highest BCUT2D eigenvalue weighted by molar-refractivity contribution is 6.13. The number of aromatic nitrogens is 2. The van der Waals surface area contributed by atoms with Crippen molar-refractivity contribution in [3.63, 3.8) is 0 Å². The fourth-order valence-corrected chi connectivity index (χ4v) is 8.74. The van der Waals surface area contributed by atoms with Gasteiger partial charge in [-0.25, -0.2) is 4.98 Å². The molecule has 1 aliphatic rings. The van der Waals surface area contributed by atoms with Crippen LogP contribution in [0.2, 0.25) is 0 Å². The molecule has 11 rings (SSSR count). The van der Waals surface area contributed by atoms with E-state index in [-0.39, 0.29) is 5.41 Å². The summed E-state index contributed by atoms with van der Waals surface area (Å²) in [5.41, 5.74) is 15.8. The number of hydrogen-bond acceptors (Lipinski definition) is 2. The minimum Gasteiger partial charge on any atom is -0.455 e. The molecule has 0 N–H and O–H groups in total. The molecule has 10 aromatic rings. The number of fused-ring (bicyclic) bond motifs is 10. The van der Waals surface area contributed by atoms with Gasteiger partial charge in [-0.2, -0.15) is 0 Å². The van der Waals surface area contributed by atoms with E-state index in [0.717, 1.165) is 55.3 Å². The largest absolute Gasteiger partial charge is 0.455 e. The summed E-state index contributed by atoms with van der Waals surface area (Å²) >= 11 is 0. The number of benzene rings is 7. The zero-order chi connectivity index (χ0) is 33.8. The van der Waals surface area contributed by atoms with Gasteiger partial charge in [0.05, 0.1) is 22.2 Å². The molecule has 240 valence electrons. The minimum absolute atomic E-state index is 0.0836. The Morgan fingerprint density at radius 2 is 1.24 bits per heavy atom. The van der Waals surface area contributed by atoms with Crippen LogP contribution in [0, 0.1) is 0 Å². The molecule has 3 aromatic heterocycles. The van der Waals surface area contributed by atoms with Crippen molar-refractivity contribution >= 4 is 54.6 Å². The van der Waals surface area contributed by atoms with Gasteiger partial charge in [-0.3, -0.25) is 0 Å². The second kappa shape index (κ2) is 10.3. The smallest absolute Gasteiger partial charge is 0.144 e. The van der Waals surface area contributed by atoms with Crippen LogP contribution in [-0.2, 0) is 5.41 Å². The molecule has 0 radical (unpaired) electrons. The molecule has 1 aliphatic carbocycles. The Labute approximate surface area is 295 Å². The summed E-state index contributed by atoms with van der Waals surface area (Å²) in [6.45, 7) is 4.70. The zero-order valence-electron chi connectivity index (χ0n) is 28.3. The predicted octanol–water partition coefficient (Wildman–Crippen LogP) is 12.9. The molecule has 0 unspecified atom stereocenters. The van der Waals surface area contributed by atoms with Crippen LogP contribution in [0.4, 0.5) is 0 Å². The van der Waals surface area contributed by atoms with E-state index in [1.807, 2.05) is 0 Å². The summed E-state index contributed by atoms with van der Waals surface area (Å²) in [6, 6.07) is 56.8. The summed E-state index contributed by atoms with van der Waals surface area (Å²) in [7, 11) is 0. The quantitative estimate of drug-likeness (QED) is 0.190. The van der Waals surface area contributed by atoms with Gasteiger partial charge in [0.25, 0.3) is 0 Å². The number of pyridine rings is 1. The Morgan fingerprint density at radius 1 is 0.490 bits per heavy atom. The Balaban J connectivity index is 1.13. The van der Waals surface area contributed by atoms with E-state index in [1.54, 1.807) is 0 Å². The standard InChI is InChI=1S/C48H32N2O/c1-48(2)40-20-9-6-15-31(40)37-26-38-33-17-8-11-22-44(33)50(45(38)28-41(37)48)30-23-24-46-39(25-30)34-18-12-19-35(47(34)51-46)43-27-36(29-13-4-3-5-14-29)32-16-7-10-21-42(32)49-43/h3-28H,1-2H3. The molecule has 3 heteroatoms. The highest BCUT2D eigenvalue weighted by Gasteiger charge is 2.36. The molecule has 3 nitrogen and oxygen atoms in total. The van der Waals surface area contributed by atoms with Crippen molar-refractivity contribution in [3.05, 3.63) is 169 Å². The Morgan fingerprint density at radius 3 is 2.14 bits per heavy atom. The van der Waals surface area contributed by atoms with Crippen molar-refractivity contribution in [2.45, 2.75) is 19.3 Å². The number of rotatable bonds is 3. The van der Waals surface area contributed by atoms with Gasteiger partial charge in [0.2, 0.25) is 0 Å². The first-order chi connectivity index (χ1) is 25.0. The maximum absolute atomic E-state index is 6.72. The lowest BCUT2D eigenvalue weighted by molar-refractivity contribution is 0.661. The summed E-state index contributed by atoms with van der Waals surface area (Å²) in [4.78, 5) is 5.17. The molecular formula is C48H32N2O. The fraction of sp³-hybridized carbons (Fsp3) is 0.0625. The van der Waals surface area contributed by atoms with Crippen molar-refractivity contribution in [1.29, 1.82) is 0 Å². The van der Waals surface area contributed by atoms with E-state index in [0.29, 0.717) is 0 Å². The van der Waals surface area contributed by atoms with E-state index in [1.165, 1.54) is 49.6 Å². The third kappa shape index (κ3) is 3.97. The highest BCUT2D eigenvalue weighted by atomic mass is 16.3. The monoisotopic (exact) mass is 652 g/mol. The Kier molecular flexibility index (Phi) is 5.73. The molecule has 7 aromatic carbocycles. The van der Waals surface area contributed by atoms with Gasteiger partial charge < -0.3 is 8.98 Å². The average Bonchev–Trinajstić information content (AvgIpc) is 3.79. The van der Waals surface area contributed by atoms with Crippen LogP contribution in [0.25, 0.3) is 93.8 Å². The summed E-state index contributed by atoms with van der Waals surface area (Å²) in [5.74, 6) is 0. The molecule has 0 bridgehead atoms. The molecule has 3 heterocycles. The molecular weight excluding hydrogens is 621 g/mol. The molecule has 51 heavy (non-hydrogen) atoms. The van der Waals surface area contributed by atoms with Gasteiger partial charge in [0, 0.05) is 43.6 Å². The first-order valence-corrected chi connectivity index (χ1v) is 17.6. The number of hydrogen-bond donors (Lipinski definition) is 0. The van der Waals surface area contributed by atoms with Gasteiger partial charge in [0.1, 0.15) is 11.2 Å².